The summed E-state index contributed by atoms with van der Waals surface area (Å²) in [6.07, 6.45) is 0. The molecule has 0 aliphatic carbocycles. The van der Waals surface area contributed by atoms with Gasteiger partial charge in [-0.1, -0.05) is 65.8 Å². The zero-order valence-corrected chi connectivity index (χ0v) is 14.2. The van der Waals surface area contributed by atoms with E-state index in [0.29, 0.717) is 5.82 Å². The highest BCUT2D eigenvalue weighted by Crippen LogP contribution is 2.14. The second-order valence-corrected chi connectivity index (χ2v) is 5.67. The molecule has 1 heterocycles. The molecule has 0 bridgehead atoms. The first kappa shape index (κ1) is 17.3. The van der Waals surface area contributed by atoms with Gasteiger partial charge in [0.25, 0.3) is 0 Å². The second-order valence-electron chi connectivity index (χ2n) is 5.67. The zero-order valence-electron chi connectivity index (χ0n) is 14.2. The minimum Gasteiger partial charge on any atom is -0.341 e. The second kappa shape index (κ2) is 8.06. The topological polar surface area (TPSA) is 97.1 Å². The molecule has 3 aromatic rings. The number of hydrogen-bond donors (Lipinski definition) is 2. The summed E-state index contributed by atoms with van der Waals surface area (Å²) >= 11 is 0. The molecule has 0 spiro atoms. The molecular weight excluding hydrogens is 332 g/mol. The highest BCUT2D eigenvalue weighted by Gasteiger charge is 2.18. The number of rotatable bonds is 5. The van der Waals surface area contributed by atoms with Crippen LogP contribution >= 0.6 is 0 Å². The summed E-state index contributed by atoms with van der Waals surface area (Å²) in [5.41, 5.74) is 1.72. The van der Waals surface area contributed by atoms with Crippen LogP contribution in [-0.4, -0.2) is 22.0 Å². The van der Waals surface area contributed by atoms with Crippen molar-refractivity contribution in [2.45, 2.75) is 19.5 Å². The third kappa shape index (κ3) is 4.32. The summed E-state index contributed by atoms with van der Waals surface area (Å²) in [5, 5.41) is 8.98. The maximum atomic E-state index is 12.0. The molecule has 1 unspecified atom stereocenters. The molecule has 3 rings (SSSR count). The van der Waals surface area contributed by atoms with Crippen LogP contribution in [0.3, 0.4) is 0 Å². The monoisotopic (exact) mass is 350 g/mol. The van der Waals surface area contributed by atoms with Crippen molar-refractivity contribution < 1.29 is 14.1 Å². The van der Waals surface area contributed by atoms with E-state index in [2.05, 4.69) is 20.8 Å². The molecule has 1 atom stereocenters. The predicted octanol–water partition coefficient (Wildman–Crippen LogP) is 2.23. The van der Waals surface area contributed by atoms with Gasteiger partial charge >= 0.3 is 11.8 Å². The van der Waals surface area contributed by atoms with Gasteiger partial charge in [0, 0.05) is 5.56 Å². The highest BCUT2D eigenvalue weighted by atomic mass is 16.5. The Hall–Kier alpha value is -3.48. The van der Waals surface area contributed by atoms with E-state index < -0.39 is 11.8 Å². The summed E-state index contributed by atoms with van der Waals surface area (Å²) in [4.78, 5) is 28.1. The van der Waals surface area contributed by atoms with Crippen LogP contribution in [0.1, 0.15) is 24.4 Å². The molecule has 0 saturated carbocycles. The Morgan fingerprint density at radius 1 is 1.00 bits per heavy atom. The van der Waals surface area contributed by atoms with E-state index in [-0.39, 0.29) is 18.5 Å². The van der Waals surface area contributed by atoms with E-state index >= 15 is 0 Å². The number of amides is 2. The highest BCUT2D eigenvalue weighted by molar-refractivity contribution is 6.35. The van der Waals surface area contributed by atoms with Gasteiger partial charge in [-0.25, -0.2) is 0 Å². The number of hydrogen-bond acceptors (Lipinski definition) is 5. The summed E-state index contributed by atoms with van der Waals surface area (Å²) in [6, 6.07) is 18.4. The molecule has 0 radical (unpaired) electrons. The summed E-state index contributed by atoms with van der Waals surface area (Å²) in [6.45, 7) is 1.79. The Bertz CT molecular complexity index is 878. The fourth-order valence-electron chi connectivity index (χ4n) is 2.35. The van der Waals surface area contributed by atoms with Crippen molar-refractivity contribution in [3.05, 3.63) is 72.1 Å². The van der Waals surface area contributed by atoms with Gasteiger partial charge in [-0.3, -0.25) is 9.59 Å². The molecule has 2 N–H and O–H groups in total. The van der Waals surface area contributed by atoms with Crippen LogP contribution in [0.25, 0.3) is 11.4 Å². The van der Waals surface area contributed by atoms with Gasteiger partial charge in [0.1, 0.15) is 0 Å². The maximum Gasteiger partial charge on any atom is 0.309 e. The maximum absolute atomic E-state index is 12.0. The van der Waals surface area contributed by atoms with Gasteiger partial charge in [0.2, 0.25) is 11.7 Å². The van der Waals surface area contributed by atoms with Gasteiger partial charge in [0.15, 0.2) is 0 Å². The van der Waals surface area contributed by atoms with Gasteiger partial charge in [-0.15, -0.1) is 0 Å². The average Bonchev–Trinajstić information content (AvgIpc) is 3.16. The van der Waals surface area contributed by atoms with E-state index in [9.17, 15) is 9.59 Å². The Kier molecular flexibility index (Phi) is 5.38. The average molecular weight is 350 g/mol. The molecule has 0 saturated heterocycles. The lowest BCUT2D eigenvalue weighted by Gasteiger charge is -2.13. The van der Waals surface area contributed by atoms with Crippen LogP contribution in [-0.2, 0) is 16.1 Å². The molecule has 2 amide bonds. The lowest BCUT2D eigenvalue weighted by molar-refractivity contribution is -0.139. The fraction of sp³-hybridized carbons (Fsp3) is 0.158. The zero-order chi connectivity index (χ0) is 18.4. The number of nitrogens with zero attached hydrogens (tertiary/aromatic N) is 2. The quantitative estimate of drug-likeness (QED) is 0.688. The Morgan fingerprint density at radius 3 is 2.35 bits per heavy atom. The molecule has 0 aliphatic rings. The smallest absolute Gasteiger partial charge is 0.309 e. The van der Waals surface area contributed by atoms with Crippen molar-refractivity contribution in [2.75, 3.05) is 0 Å². The molecule has 132 valence electrons. The summed E-state index contributed by atoms with van der Waals surface area (Å²) < 4.78 is 5.09. The van der Waals surface area contributed by atoms with Crippen molar-refractivity contribution in [3.8, 4) is 11.4 Å². The molecule has 0 fully saturated rings. The van der Waals surface area contributed by atoms with Gasteiger partial charge in [0.05, 0.1) is 12.6 Å². The Labute approximate surface area is 150 Å². The van der Waals surface area contributed by atoms with E-state index in [1.165, 1.54) is 0 Å². The van der Waals surface area contributed by atoms with Crippen molar-refractivity contribution in [2.24, 2.45) is 0 Å². The molecule has 7 heteroatoms. The van der Waals surface area contributed by atoms with Crippen molar-refractivity contribution in [1.82, 2.24) is 20.8 Å². The van der Waals surface area contributed by atoms with Crippen LogP contribution in [0, 0.1) is 0 Å². The van der Waals surface area contributed by atoms with Crippen LogP contribution in [0.5, 0.6) is 0 Å². The number of carbonyl (C=O) groups is 2. The Balaban J connectivity index is 1.52. The number of aromatic nitrogens is 2. The lowest BCUT2D eigenvalue weighted by atomic mass is 10.1. The SMILES string of the molecule is CC(NC(=O)C(=O)NCc1nc(-c2ccccc2)no1)c1ccccc1. The normalized spacial score (nSPS) is 11.6. The van der Waals surface area contributed by atoms with Gasteiger partial charge < -0.3 is 15.2 Å². The first-order valence-electron chi connectivity index (χ1n) is 8.15. The minimum absolute atomic E-state index is 0.0220. The van der Waals surface area contributed by atoms with Crippen molar-refractivity contribution >= 4 is 11.8 Å². The van der Waals surface area contributed by atoms with E-state index in [4.69, 9.17) is 4.52 Å². The van der Waals surface area contributed by atoms with Crippen LogP contribution in [0.4, 0.5) is 0 Å². The molecule has 2 aromatic carbocycles. The third-order valence-corrected chi connectivity index (χ3v) is 3.75. The van der Waals surface area contributed by atoms with Crippen molar-refractivity contribution in [1.29, 1.82) is 0 Å². The van der Waals surface area contributed by atoms with Crippen molar-refractivity contribution in [3.63, 3.8) is 0 Å². The van der Waals surface area contributed by atoms with Crippen LogP contribution < -0.4 is 10.6 Å². The third-order valence-electron chi connectivity index (χ3n) is 3.75. The molecule has 7 nitrogen and oxygen atoms in total. The number of carbonyl (C=O) groups excluding carboxylic acids is 2. The molecule has 26 heavy (non-hydrogen) atoms. The van der Waals surface area contributed by atoms with Crippen LogP contribution in [0.2, 0.25) is 0 Å². The molecule has 1 aromatic heterocycles. The Morgan fingerprint density at radius 2 is 1.65 bits per heavy atom. The van der Waals surface area contributed by atoms with E-state index in [1.54, 1.807) is 0 Å². The summed E-state index contributed by atoms with van der Waals surface area (Å²) in [5.74, 6) is -0.825. The number of nitrogens with one attached hydrogen (secondary N) is 2. The summed E-state index contributed by atoms with van der Waals surface area (Å²) in [7, 11) is 0. The molecule has 0 aliphatic heterocycles. The van der Waals surface area contributed by atoms with E-state index in [0.717, 1.165) is 11.1 Å². The lowest BCUT2D eigenvalue weighted by Crippen LogP contribution is -2.40. The van der Waals surface area contributed by atoms with Gasteiger partial charge in [-0.05, 0) is 12.5 Å². The first-order valence-corrected chi connectivity index (χ1v) is 8.15. The largest absolute Gasteiger partial charge is 0.341 e. The van der Waals surface area contributed by atoms with E-state index in [1.807, 2.05) is 67.6 Å². The first-order chi connectivity index (χ1) is 12.6. The molecular formula is C19H18N4O3. The fourth-order valence-corrected chi connectivity index (χ4v) is 2.35. The predicted molar refractivity (Wildman–Crippen MR) is 94.6 cm³/mol. The minimum atomic E-state index is -0.757. The number of benzene rings is 2. The van der Waals surface area contributed by atoms with Crippen LogP contribution in [0.15, 0.2) is 65.2 Å². The standard InChI is InChI=1S/C19H18N4O3/c1-13(14-8-4-2-5-9-14)21-19(25)18(24)20-12-16-22-17(23-26-16)15-10-6-3-7-11-15/h2-11,13H,12H2,1H3,(H,20,24)(H,21,25). The van der Waals surface area contributed by atoms with Gasteiger partial charge in [-0.2, -0.15) is 4.98 Å².